The molecule has 20 heavy (non-hydrogen) atoms. The normalized spacial score (nSPS) is 11.7. The second-order valence-electron chi connectivity index (χ2n) is 4.80. The van der Waals surface area contributed by atoms with E-state index in [1.165, 1.54) is 4.90 Å². The molecule has 1 atom stereocenters. The van der Waals surface area contributed by atoms with Crippen LogP contribution < -0.4 is 5.32 Å². The number of aryl methyl sites for hydroxylation is 2. The van der Waals surface area contributed by atoms with Crippen LogP contribution in [0.2, 0.25) is 0 Å². The fourth-order valence-electron chi connectivity index (χ4n) is 1.61. The number of benzene rings is 1. The molecule has 0 bridgehead atoms. The number of hydrogen-bond acceptors (Lipinski definition) is 3. The minimum atomic E-state index is -0.943. The van der Waals surface area contributed by atoms with Gasteiger partial charge in [0.2, 0.25) is 5.91 Å². The quantitative estimate of drug-likeness (QED) is 0.873. The maximum Gasteiger partial charge on any atom is 0.320 e. The van der Waals surface area contributed by atoms with Gasteiger partial charge in [-0.1, -0.05) is 12.1 Å². The zero-order valence-electron chi connectivity index (χ0n) is 12.1. The largest absolute Gasteiger partial charge is 0.480 e. The minimum absolute atomic E-state index is 0. The molecular weight excluding hydrogens is 280 g/mol. The van der Waals surface area contributed by atoms with Crippen molar-refractivity contribution in [2.75, 3.05) is 18.9 Å². The summed E-state index contributed by atoms with van der Waals surface area (Å²) in [5.74, 6) is -1.16. The van der Waals surface area contributed by atoms with Gasteiger partial charge in [0.25, 0.3) is 0 Å². The summed E-state index contributed by atoms with van der Waals surface area (Å²) in [7, 11) is 1.61. The molecule has 0 heterocycles. The number of rotatable bonds is 5. The Balaban J connectivity index is 0.00000361. The zero-order valence-corrected chi connectivity index (χ0v) is 13.0. The van der Waals surface area contributed by atoms with Crippen molar-refractivity contribution in [1.82, 2.24) is 4.90 Å². The smallest absolute Gasteiger partial charge is 0.320 e. The standard InChI is InChI=1S/C14H20N2O3.ClH/c1-9-5-6-10(2)12(7-9)15-13(17)8-16(4)11(3)14(18)19;/h5-7,11H,8H2,1-4H3,(H,15,17)(H,18,19);1H. The van der Waals surface area contributed by atoms with Crippen LogP contribution in [0.1, 0.15) is 18.1 Å². The second-order valence-corrected chi connectivity index (χ2v) is 4.80. The Bertz CT molecular complexity index is 491. The van der Waals surface area contributed by atoms with E-state index in [2.05, 4.69) is 5.32 Å². The summed E-state index contributed by atoms with van der Waals surface area (Å²) in [5, 5.41) is 11.7. The van der Waals surface area contributed by atoms with Crippen LogP contribution >= 0.6 is 12.4 Å². The van der Waals surface area contributed by atoms with E-state index in [9.17, 15) is 9.59 Å². The van der Waals surface area contributed by atoms with Crippen molar-refractivity contribution < 1.29 is 14.7 Å². The highest BCUT2D eigenvalue weighted by atomic mass is 35.5. The first-order valence-electron chi connectivity index (χ1n) is 6.11. The van der Waals surface area contributed by atoms with Crippen LogP contribution in [0.3, 0.4) is 0 Å². The van der Waals surface area contributed by atoms with Gasteiger partial charge in [-0.25, -0.2) is 0 Å². The molecule has 112 valence electrons. The Kier molecular flexibility index (Phi) is 7.24. The summed E-state index contributed by atoms with van der Waals surface area (Å²) < 4.78 is 0. The number of carbonyl (C=O) groups excluding carboxylic acids is 1. The van der Waals surface area contributed by atoms with E-state index in [0.29, 0.717) is 0 Å². The maximum atomic E-state index is 11.9. The van der Waals surface area contributed by atoms with Gasteiger partial charge in [-0.2, -0.15) is 0 Å². The third-order valence-electron chi connectivity index (χ3n) is 3.08. The Morgan fingerprint density at radius 3 is 2.50 bits per heavy atom. The molecule has 1 aromatic carbocycles. The Morgan fingerprint density at radius 2 is 1.95 bits per heavy atom. The van der Waals surface area contributed by atoms with Gasteiger partial charge in [0, 0.05) is 5.69 Å². The molecule has 0 saturated heterocycles. The molecule has 6 heteroatoms. The number of likely N-dealkylation sites (N-methyl/N-ethyl adjacent to an activating group) is 1. The van der Waals surface area contributed by atoms with Crippen LogP contribution in [-0.2, 0) is 9.59 Å². The molecule has 0 aliphatic carbocycles. The summed E-state index contributed by atoms with van der Waals surface area (Å²) in [6.45, 7) is 5.46. The van der Waals surface area contributed by atoms with Crippen molar-refractivity contribution in [3.05, 3.63) is 29.3 Å². The van der Waals surface area contributed by atoms with Gasteiger partial charge in [0.15, 0.2) is 0 Å². The molecule has 0 saturated carbocycles. The highest BCUT2D eigenvalue weighted by Gasteiger charge is 2.19. The lowest BCUT2D eigenvalue weighted by molar-refractivity contribution is -0.142. The number of halogens is 1. The topological polar surface area (TPSA) is 69.6 Å². The van der Waals surface area contributed by atoms with E-state index >= 15 is 0 Å². The molecule has 5 nitrogen and oxygen atoms in total. The molecule has 1 amide bonds. The summed E-state index contributed by atoms with van der Waals surface area (Å²) in [6.07, 6.45) is 0. The van der Waals surface area contributed by atoms with Gasteiger partial charge in [-0.3, -0.25) is 14.5 Å². The van der Waals surface area contributed by atoms with E-state index in [1.54, 1.807) is 14.0 Å². The van der Waals surface area contributed by atoms with Gasteiger partial charge in [0.1, 0.15) is 6.04 Å². The van der Waals surface area contributed by atoms with E-state index < -0.39 is 12.0 Å². The average molecular weight is 301 g/mol. The summed E-state index contributed by atoms with van der Waals surface area (Å²) in [4.78, 5) is 24.2. The first kappa shape index (κ1) is 18.4. The second kappa shape index (κ2) is 7.87. The first-order chi connectivity index (χ1) is 8.81. The lowest BCUT2D eigenvalue weighted by Crippen LogP contribution is -2.40. The monoisotopic (exact) mass is 300 g/mol. The molecular formula is C14H21ClN2O3. The van der Waals surface area contributed by atoms with Gasteiger partial charge in [-0.05, 0) is 45.0 Å². The average Bonchev–Trinajstić information content (AvgIpc) is 2.32. The number of nitrogens with one attached hydrogen (secondary N) is 1. The fourth-order valence-corrected chi connectivity index (χ4v) is 1.61. The molecule has 0 fully saturated rings. The van der Waals surface area contributed by atoms with Gasteiger partial charge >= 0.3 is 5.97 Å². The Labute approximate surface area is 125 Å². The highest BCUT2D eigenvalue weighted by molar-refractivity contribution is 5.93. The zero-order chi connectivity index (χ0) is 14.6. The summed E-state index contributed by atoms with van der Waals surface area (Å²) in [5.41, 5.74) is 2.81. The number of carboxylic acid groups (broad SMARTS) is 1. The molecule has 0 spiro atoms. The van der Waals surface area contributed by atoms with Crippen molar-refractivity contribution in [1.29, 1.82) is 0 Å². The lowest BCUT2D eigenvalue weighted by atomic mass is 10.1. The molecule has 0 aromatic heterocycles. The van der Waals surface area contributed by atoms with Crippen LogP contribution in [-0.4, -0.2) is 41.5 Å². The van der Waals surface area contributed by atoms with Crippen LogP contribution in [0.5, 0.6) is 0 Å². The van der Waals surface area contributed by atoms with E-state index in [0.717, 1.165) is 16.8 Å². The fraction of sp³-hybridized carbons (Fsp3) is 0.429. The van der Waals surface area contributed by atoms with Crippen molar-refractivity contribution >= 4 is 30.0 Å². The Morgan fingerprint density at radius 1 is 1.35 bits per heavy atom. The number of carboxylic acids is 1. The van der Waals surface area contributed by atoms with Crippen LogP contribution in [0.25, 0.3) is 0 Å². The van der Waals surface area contributed by atoms with Gasteiger partial charge in [0.05, 0.1) is 6.54 Å². The van der Waals surface area contributed by atoms with Gasteiger partial charge < -0.3 is 10.4 Å². The van der Waals surface area contributed by atoms with Gasteiger partial charge in [-0.15, -0.1) is 12.4 Å². The highest BCUT2D eigenvalue weighted by Crippen LogP contribution is 2.16. The lowest BCUT2D eigenvalue weighted by Gasteiger charge is -2.20. The van der Waals surface area contributed by atoms with Crippen LogP contribution in [0, 0.1) is 13.8 Å². The minimum Gasteiger partial charge on any atom is -0.480 e. The molecule has 1 aromatic rings. The third-order valence-corrected chi connectivity index (χ3v) is 3.08. The van der Waals surface area contributed by atoms with E-state index in [-0.39, 0.29) is 24.9 Å². The molecule has 2 N–H and O–H groups in total. The predicted octanol–water partition coefficient (Wildman–Crippen LogP) is 2.07. The van der Waals surface area contributed by atoms with Crippen molar-refractivity contribution in [3.63, 3.8) is 0 Å². The molecule has 0 aliphatic rings. The van der Waals surface area contributed by atoms with E-state index in [4.69, 9.17) is 5.11 Å². The molecule has 0 aliphatic heterocycles. The predicted molar refractivity (Wildman–Crippen MR) is 81.5 cm³/mol. The first-order valence-corrected chi connectivity index (χ1v) is 6.11. The van der Waals surface area contributed by atoms with Crippen molar-refractivity contribution in [3.8, 4) is 0 Å². The van der Waals surface area contributed by atoms with Crippen molar-refractivity contribution in [2.24, 2.45) is 0 Å². The molecule has 0 radical (unpaired) electrons. The van der Waals surface area contributed by atoms with Crippen LogP contribution in [0.4, 0.5) is 5.69 Å². The number of carbonyl (C=O) groups is 2. The van der Waals surface area contributed by atoms with Crippen LogP contribution in [0.15, 0.2) is 18.2 Å². The van der Waals surface area contributed by atoms with Crippen molar-refractivity contribution in [2.45, 2.75) is 26.8 Å². The number of nitrogens with zero attached hydrogens (tertiary/aromatic N) is 1. The number of amides is 1. The SMILES string of the molecule is Cc1ccc(C)c(NC(=O)CN(C)C(C)C(=O)O)c1.Cl. The summed E-state index contributed by atoms with van der Waals surface area (Å²) >= 11 is 0. The molecule has 1 rings (SSSR count). The summed E-state index contributed by atoms with van der Waals surface area (Å²) in [6, 6.07) is 5.12. The Hall–Kier alpha value is -1.59. The van der Waals surface area contributed by atoms with E-state index in [1.807, 2.05) is 32.0 Å². The number of aliphatic carboxylic acids is 1. The number of anilines is 1. The maximum absolute atomic E-state index is 11.9. The molecule has 1 unspecified atom stereocenters. The third kappa shape index (κ3) is 5.19. The number of hydrogen-bond donors (Lipinski definition) is 2.